The zero-order chi connectivity index (χ0) is 19.3. The van der Waals surface area contributed by atoms with Crippen LogP contribution in [0.3, 0.4) is 0 Å². The fourth-order valence-corrected chi connectivity index (χ4v) is 2.80. The molecule has 2 rings (SSSR count). The number of methoxy groups -OCH3 is 2. The molecule has 1 atom stereocenters. The van der Waals surface area contributed by atoms with E-state index in [0.29, 0.717) is 6.42 Å². The number of amides is 1. The molecule has 0 spiro atoms. The Morgan fingerprint density at radius 2 is 1.88 bits per heavy atom. The minimum Gasteiger partial charge on any atom is -0.466 e. The van der Waals surface area contributed by atoms with E-state index < -0.39 is 18.1 Å². The van der Waals surface area contributed by atoms with Crippen LogP contribution in [0.1, 0.15) is 30.6 Å². The highest BCUT2D eigenvalue weighted by Gasteiger charge is 2.34. The molecule has 1 aromatic carbocycles. The number of benzene rings is 1. The van der Waals surface area contributed by atoms with Gasteiger partial charge in [-0.3, -0.25) is 4.79 Å². The number of carbonyl (C=O) groups excluding carboxylic acids is 3. The predicted molar refractivity (Wildman–Crippen MR) is 95.2 cm³/mol. The van der Waals surface area contributed by atoms with E-state index in [9.17, 15) is 14.4 Å². The summed E-state index contributed by atoms with van der Waals surface area (Å²) < 4.78 is 9.47. The zero-order valence-corrected chi connectivity index (χ0v) is 15.3. The number of rotatable bonds is 5. The molecule has 0 fully saturated rings. The van der Waals surface area contributed by atoms with Crippen LogP contribution in [0.4, 0.5) is 0 Å². The van der Waals surface area contributed by atoms with Crippen molar-refractivity contribution in [1.29, 1.82) is 0 Å². The van der Waals surface area contributed by atoms with Crippen molar-refractivity contribution < 1.29 is 23.9 Å². The number of hydrogen-bond donors (Lipinski definition) is 0. The molecule has 7 heteroatoms. The van der Waals surface area contributed by atoms with E-state index in [-0.39, 0.29) is 11.6 Å². The van der Waals surface area contributed by atoms with Crippen molar-refractivity contribution in [3.05, 3.63) is 53.4 Å². The summed E-state index contributed by atoms with van der Waals surface area (Å²) in [6.07, 6.45) is 4.23. The Morgan fingerprint density at radius 3 is 2.50 bits per heavy atom. The highest BCUT2D eigenvalue weighted by atomic mass is 16.5. The van der Waals surface area contributed by atoms with Crippen LogP contribution in [0.15, 0.2) is 42.2 Å². The molecular weight excluding hydrogens is 336 g/mol. The SMILES string of the molecule is CCC(=O)N(C)C1c2ccccc2C=CN1/C(=C/C(=O)OC)C(=O)OC. The van der Waals surface area contributed by atoms with Gasteiger partial charge >= 0.3 is 11.9 Å². The van der Waals surface area contributed by atoms with Crippen molar-refractivity contribution in [2.24, 2.45) is 0 Å². The minimum atomic E-state index is -0.707. The normalized spacial score (nSPS) is 15.9. The lowest BCUT2D eigenvalue weighted by Crippen LogP contribution is -2.42. The average Bonchev–Trinajstić information content (AvgIpc) is 2.69. The maximum atomic E-state index is 12.4. The van der Waals surface area contributed by atoms with Gasteiger partial charge in [0.2, 0.25) is 5.91 Å². The van der Waals surface area contributed by atoms with Gasteiger partial charge in [-0.05, 0) is 11.6 Å². The molecule has 1 aliphatic rings. The molecule has 0 aromatic heterocycles. The molecule has 0 saturated heterocycles. The predicted octanol–water partition coefficient (Wildman–Crippen LogP) is 2.07. The summed E-state index contributed by atoms with van der Waals surface area (Å²) in [5.41, 5.74) is 1.73. The van der Waals surface area contributed by atoms with E-state index in [0.717, 1.165) is 17.2 Å². The Hall–Kier alpha value is -3.09. The third-order valence-corrected chi connectivity index (χ3v) is 4.14. The molecular formula is C19H22N2O5. The molecule has 0 N–H and O–H groups in total. The second-order valence-electron chi connectivity index (χ2n) is 5.63. The summed E-state index contributed by atoms with van der Waals surface area (Å²) in [5.74, 6) is -1.50. The van der Waals surface area contributed by atoms with Crippen molar-refractivity contribution in [3.8, 4) is 0 Å². The van der Waals surface area contributed by atoms with Crippen LogP contribution >= 0.6 is 0 Å². The Kier molecular flexibility index (Phi) is 6.16. The Bertz CT molecular complexity index is 769. The van der Waals surface area contributed by atoms with Gasteiger partial charge in [0.1, 0.15) is 11.9 Å². The zero-order valence-electron chi connectivity index (χ0n) is 15.3. The summed E-state index contributed by atoms with van der Waals surface area (Å²) in [5, 5.41) is 0. The third kappa shape index (κ3) is 3.77. The molecule has 1 heterocycles. The van der Waals surface area contributed by atoms with E-state index in [1.54, 1.807) is 25.1 Å². The lowest BCUT2D eigenvalue weighted by Gasteiger charge is -2.40. The van der Waals surface area contributed by atoms with Gasteiger partial charge < -0.3 is 19.3 Å². The first-order valence-corrected chi connectivity index (χ1v) is 8.13. The number of ether oxygens (including phenoxy) is 2. The first kappa shape index (κ1) is 19.2. The van der Waals surface area contributed by atoms with Crippen LogP contribution in [0, 0.1) is 0 Å². The Morgan fingerprint density at radius 1 is 1.19 bits per heavy atom. The monoisotopic (exact) mass is 358 g/mol. The van der Waals surface area contributed by atoms with Crippen LogP contribution < -0.4 is 0 Å². The first-order chi connectivity index (χ1) is 12.4. The van der Waals surface area contributed by atoms with E-state index in [1.165, 1.54) is 19.1 Å². The number of fused-ring (bicyclic) bond motifs is 1. The summed E-state index contributed by atoms with van der Waals surface area (Å²) in [6, 6.07) is 7.55. The van der Waals surface area contributed by atoms with Gasteiger partial charge in [0, 0.05) is 25.2 Å². The number of nitrogens with zero attached hydrogens (tertiary/aromatic N) is 2. The van der Waals surface area contributed by atoms with Gasteiger partial charge in [-0.15, -0.1) is 0 Å². The standard InChI is InChI=1S/C19H22N2O5/c1-5-16(22)20(2)18-14-9-7-6-8-13(14)10-11-21(18)15(19(24)26-4)12-17(23)25-3/h6-12,18H,5H2,1-4H3/b15-12+. The van der Waals surface area contributed by atoms with Crippen LogP contribution in [0.25, 0.3) is 6.08 Å². The molecule has 0 saturated carbocycles. The molecule has 26 heavy (non-hydrogen) atoms. The molecule has 1 aliphatic heterocycles. The number of hydrogen-bond acceptors (Lipinski definition) is 6. The van der Waals surface area contributed by atoms with Crippen molar-refractivity contribution in [1.82, 2.24) is 9.80 Å². The van der Waals surface area contributed by atoms with Crippen LogP contribution in [0.2, 0.25) is 0 Å². The molecule has 1 aromatic rings. The maximum Gasteiger partial charge on any atom is 0.355 e. The Labute approximate surface area is 152 Å². The summed E-state index contributed by atoms with van der Waals surface area (Å²) in [4.78, 5) is 39.5. The molecule has 138 valence electrons. The largest absolute Gasteiger partial charge is 0.466 e. The lowest BCUT2D eigenvalue weighted by molar-refractivity contribution is -0.142. The van der Waals surface area contributed by atoms with Gasteiger partial charge in [0.15, 0.2) is 0 Å². The third-order valence-electron chi connectivity index (χ3n) is 4.14. The van der Waals surface area contributed by atoms with Crippen LogP contribution in [0.5, 0.6) is 0 Å². The quantitative estimate of drug-likeness (QED) is 0.592. The van der Waals surface area contributed by atoms with Gasteiger partial charge in [0.05, 0.1) is 20.3 Å². The molecule has 0 aliphatic carbocycles. The average molecular weight is 358 g/mol. The van der Waals surface area contributed by atoms with Gasteiger partial charge in [-0.1, -0.05) is 31.2 Å². The van der Waals surface area contributed by atoms with Crippen molar-refractivity contribution in [2.45, 2.75) is 19.5 Å². The lowest BCUT2D eigenvalue weighted by atomic mass is 9.99. The van der Waals surface area contributed by atoms with Crippen molar-refractivity contribution >= 4 is 23.9 Å². The molecule has 0 bridgehead atoms. The van der Waals surface area contributed by atoms with Gasteiger partial charge in [-0.2, -0.15) is 0 Å². The topological polar surface area (TPSA) is 76.2 Å². The maximum absolute atomic E-state index is 12.4. The van der Waals surface area contributed by atoms with Crippen molar-refractivity contribution in [2.75, 3.05) is 21.3 Å². The highest BCUT2D eigenvalue weighted by molar-refractivity contribution is 5.96. The van der Waals surface area contributed by atoms with E-state index >= 15 is 0 Å². The number of carbonyl (C=O) groups is 3. The van der Waals surface area contributed by atoms with Crippen LogP contribution in [-0.2, 0) is 23.9 Å². The smallest absolute Gasteiger partial charge is 0.355 e. The summed E-state index contributed by atoms with van der Waals surface area (Å²) in [7, 11) is 4.11. The first-order valence-electron chi connectivity index (χ1n) is 8.13. The Balaban J connectivity index is 2.60. The molecule has 1 unspecified atom stereocenters. The molecule has 1 amide bonds. The second-order valence-corrected chi connectivity index (χ2v) is 5.63. The highest BCUT2D eigenvalue weighted by Crippen LogP contribution is 2.35. The van der Waals surface area contributed by atoms with Gasteiger partial charge in [-0.25, -0.2) is 9.59 Å². The molecule has 7 nitrogen and oxygen atoms in total. The number of esters is 2. The van der Waals surface area contributed by atoms with Crippen molar-refractivity contribution in [3.63, 3.8) is 0 Å². The second kappa shape index (κ2) is 8.33. The van der Waals surface area contributed by atoms with E-state index in [4.69, 9.17) is 4.74 Å². The van der Waals surface area contributed by atoms with E-state index in [2.05, 4.69) is 4.74 Å². The fourth-order valence-electron chi connectivity index (χ4n) is 2.80. The fraction of sp³-hybridized carbons (Fsp3) is 0.316. The molecule has 0 radical (unpaired) electrons. The minimum absolute atomic E-state index is 0.0224. The summed E-state index contributed by atoms with van der Waals surface area (Å²) in [6.45, 7) is 1.76. The van der Waals surface area contributed by atoms with Crippen LogP contribution in [-0.4, -0.2) is 48.9 Å². The van der Waals surface area contributed by atoms with Gasteiger partial charge in [0.25, 0.3) is 0 Å². The summed E-state index contributed by atoms with van der Waals surface area (Å²) >= 11 is 0. The van der Waals surface area contributed by atoms with E-state index in [1.807, 2.05) is 30.3 Å².